The Bertz CT molecular complexity index is 1890. The first-order chi connectivity index (χ1) is 28.9. The van der Waals surface area contributed by atoms with Crippen molar-refractivity contribution < 1.29 is 20.4 Å². The molecule has 0 saturated carbocycles. The third-order valence-corrected chi connectivity index (χ3v) is 15.3. The van der Waals surface area contributed by atoms with E-state index in [1.54, 1.807) is 0 Å². The van der Waals surface area contributed by atoms with Gasteiger partial charge in [-0.2, -0.15) is 0 Å². The van der Waals surface area contributed by atoms with Crippen molar-refractivity contribution in [2.75, 3.05) is 26.2 Å². The second-order valence-corrected chi connectivity index (χ2v) is 19.0. The molecule has 4 aliphatic heterocycles. The maximum Gasteiger partial charge on any atom is 0.118 e. The molecule has 6 unspecified atom stereocenters. The first-order valence-electron chi connectivity index (χ1n) is 23.2. The number of rotatable bonds is 13. The lowest BCUT2D eigenvalue weighted by Crippen LogP contribution is -2.44. The van der Waals surface area contributed by atoms with Gasteiger partial charge in [-0.1, -0.05) is 63.8 Å². The maximum absolute atomic E-state index is 10.8. The lowest BCUT2D eigenvalue weighted by molar-refractivity contribution is 0.182. The van der Waals surface area contributed by atoms with Crippen LogP contribution in [0.1, 0.15) is 143 Å². The molecule has 0 amide bonds. The summed E-state index contributed by atoms with van der Waals surface area (Å²) >= 11 is 0. The molecule has 0 aliphatic carbocycles. The van der Waals surface area contributed by atoms with Gasteiger partial charge in [-0.25, -0.2) is 0 Å². The molecule has 6 atom stereocenters. The number of aryl methyl sites for hydroxylation is 4. The molecule has 0 saturated heterocycles. The van der Waals surface area contributed by atoms with Gasteiger partial charge in [0.15, 0.2) is 0 Å². The molecule has 8 N–H and O–H groups in total. The summed E-state index contributed by atoms with van der Waals surface area (Å²) < 4.78 is 0. The van der Waals surface area contributed by atoms with Crippen LogP contribution in [0.3, 0.4) is 0 Å². The minimum Gasteiger partial charge on any atom is -0.508 e. The van der Waals surface area contributed by atoms with Crippen LogP contribution in [0.5, 0.6) is 23.0 Å². The van der Waals surface area contributed by atoms with Gasteiger partial charge in [0.05, 0.1) is 0 Å². The monoisotopic (exact) mass is 815 g/mol. The fraction of sp³-hybridized carbons (Fsp3) is 0.538. The normalized spacial score (nSPS) is 23.1. The Morgan fingerprint density at radius 1 is 0.433 bits per heavy atom. The molecule has 0 aromatic heterocycles. The van der Waals surface area contributed by atoms with E-state index in [-0.39, 0.29) is 36.0 Å². The molecular formula is C52H70N4O4. The van der Waals surface area contributed by atoms with E-state index in [9.17, 15) is 20.4 Å². The first-order valence-corrected chi connectivity index (χ1v) is 23.2. The predicted octanol–water partition coefficient (Wildman–Crippen LogP) is 9.44. The van der Waals surface area contributed by atoms with Gasteiger partial charge in [0.2, 0.25) is 0 Å². The number of nitrogens with one attached hydrogen (secondary N) is 4. The third-order valence-electron chi connectivity index (χ3n) is 15.3. The summed E-state index contributed by atoms with van der Waals surface area (Å²) in [6.45, 7) is 16.4. The Hall–Kier alpha value is -4.08. The Kier molecular flexibility index (Phi) is 12.9. The summed E-state index contributed by atoms with van der Waals surface area (Å²) in [7, 11) is 0. The van der Waals surface area contributed by atoms with Crippen LogP contribution in [-0.2, 0) is 25.7 Å². The summed E-state index contributed by atoms with van der Waals surface area (Å²) in [5, 5.41) is 59.0. The van der Waals surface area contributed by atoms with Gasteiger partial charge in [0, 0.05) is 24.2 Å². The van der Waals surface area contributed by atoms with Crippen LogP contribution in [-0.4, -0.2) is 46.6 Å². The van der Waals surface area contributed by atoms with E-state index < -0.39 is 0 Å². The minimum absolute atomic E-state index is 0.145. The van der Waals surface area contributed by atoms with Crippen molar-refractivity contribution in [1.82, 2.24) is 21.3 Å². The number of benzene rings is 4. The Morgan fingerprint density at radius 3 is 0.917 bits per heavy atom. The molecule has 8 nitrogen and oxygen atoms in total. The highest BCUT2D eigenvalue weighted by Gasteiger charge is 2.40. The Morgan fingerprint density at radius 2 is 0.683 bits per heavy atom. The first kappa shape index (κ1) is 42.6. The second kappa shape index (κ2) is 18.1. The average molecular weight is 815 g/mol. The molecule has 0 spiro atoms. The quantitative estimate of drug-likeness (QED) is 0.0671. The van der Waals surface area contributed by atoms with E-state index in [0.717, 1.165) is 113 Å². The molecule has 4 aliphatic rings. The van der Waals surface area contributed by atoms with Crippen LogP contribution in [0.4, 0.5) is 0 Å². The van der Waals surface area contributed by atoms with Gasteiger partial charge in [-0.05, 0) is 207 Å². The zero-order chi connectivity index (χ0) is 42.2. The zero-order valence-electron chi connectivity index (χ0n) is 36.9. The van der Waals surface area contributed by atoms with Crippen molar-refractivity contribution in [3.05, 3.63) is 115 Å². The summed E-state index contributed by atoms with van der Waals surface area (Å²) in [5.74, 6) is 3.14. The number of hydrogen-bond acceptors (Lipinski definition) is 8. The molecule has 322 valence electrons. The second-order valence-electron chi connectivity index (χ2n) is 19.0. The van der Waals surface area contributed by atoms with Gasteiger partial charge in [-0.3, -0.25) is 0 Å². The largest absolute Gasteiger partial charge is 0.508 e. The van der Waals surface area contributed by atoms with Crippen molar-refractivity contribution in [2.24, 2.45) is 23.7 Å². The zero-order valence-corrected chi connectivity index (χ0v) is 36.9. The minimum atomic E-state index is 0.145. The predicted molar refractivity (Wildman–Crippen MR) is 242 cm³/mol. The SMILES string of the molecule is CCC(CCC(CC)CC(C1NCCc2cc(O)c(C)cc21)C1NCCc2cc(O)c(C)cc21)CC(C1NCCc2cc(O)c(C)cc21)C1NCCc2cc(O)c(C)cc21. The molecule has 0 bridgehead atoms. The van der Waals surface area contributed by atoms with Crippen LogP contribution >= 0.6 is 0 Å². The van der Waals surface area contributed by atoms with Crippen LogP contribution < -0.4 is 21.3 Å². The van der Waals surface area contributed by atoms with E-state index in [2.05, 4.69) is 59.4 Å². The average Bonchev–Trinajstić information content (AvgIpc) is 3.23. The smallest absolute Gasteiger partial charge is 0.118 e. The summed E-state index contributed by atoms with van der Waals surface area (Å²) in [6, 6.07) is 17.5. The van der Waals surface area contributed by atoms with Crippen LogP contribution in [0, 0.1) is 51.4 Å². The molecule has 60 heavy (non-hydrogen) atoms. The van der Waals surface area contributed by atoms with E-state index in [1.807, 2.05) is 52.0 Å². The lowest BCUT2D eigenvalue weighted by Gasteiger charge is -2.43. The van der Waals surface area contributed by atoms with Crippen molar-refractivity contribution in [3.8, 4) is 23.0 Å². The van der Waals surface area contributed by atoms with Gasteiger partial charge in [0.25, 0.3) is 0 Å². The number of fused-ring (bicyclic) bond motifs is 4. The van der Waals surface area contributed by atoms with Gasteiger partial charge >= 0.3 is 0 Å². The number of phenols is 4. The third kappa shape index (κ3) is 8.55. The molecule has 0 radical (unpaired) electrons. The van der Waals surface area contributed by atoms with E-state index >= 15 is 0 Å². The molecule has 0 fully saturated rings. The van der Waals surface area contributed by atoms with Gasteiger partial charge < -0.3 is 41.7 Å². The van der Waals surface area contributed by atoms with E-state index in [1.165, 1.54) is 44.5 Å². The standard InChI is InChI=1S/C52H70N4O4/c1-7-33(23-43(49-39-19-29(3)45(57)25-35(39)11-15-53-49)50-40-20-30(4)46(58)26-36(40)12-16-54-50)9-10-34(8-2)24-44(51-41-21-31(5)47(59)27-37(41)13-17-55-51)52-42-22-32(6)48(60)28-38(42)14-18-56-52/h19-22,25-28,33-34,43-44,49-60H,7-18,23-24H2,1-6H3. The Labute approximate surface area is 358 Å². The number of hydrogen-bond donors (Lipinski definition) is 8. The molecule has 4 heterocycles. The molecule has 4 aromatic rings. The van der Waals surface area contributed by atoms with Crippen LogP contribution in [0.15, 0.2) is 48.5 Å². The molecule has 8 rings (SSSR count). The summed E-state index contributed by atoms with van der Waals surface area (Å²) in [5.41, 5.74) is 14.0. The fourth-order valence-corrected chi connectivity index (χ4v) is 11.6. The summed E-state index contributed by atoms with van der Waals surface area (Å²) in [4.78, 5) is 0. The topological polar surface area (TPSA) is 129 Å². The van der Waals surface area contributed by atoms with Crippen molar-refractivity contribution in [1.29, 1.82) is 0 Å². The van der Waals surface area contributed by atoms with Gasteiger partial charge in [0.1, 0.15) is 23.0 Å². The van der Waals surface area contributed by atoms with E-state index in [0.29, 0.717) is 34.8 Å². The molecule has 4 aromatic carbocycles. The number of aromatic hydroxyl groups is 4. The number of phenolic OH excluding ortho intramolecular Hbond substituents is 4. The van der Waals surface area contributed by atoms with Crippen molar-refractivity contribution in [2.45, 2.75) is 130 Å². The fourth-order valence-electron chi connectivity index (χ4n) is 11.6. The van der Waals surface area contributed by atoms with Crippen LogP contribution in [0.25, 0.3) is 0 Å². The highest BCUT2D eigenvalue weighted by Crippen LogP contribution is 2.48. The van der Waals surface area contributed by atoms with Crippen molar-refractivity contribution in [3.63, 3.8) is 0 Å². The molecular weight excluding hydrogens is 745 g/mol. The van der Waals surface area contributed by atoms with Gasteiger partial charge in [-0.15, -0.1) is 0 Å². The van der Waals surface area contributed by atoms with E-state index in [4.69, 9.17) is 0 Å². The molecule has 8 heteroatoms. The highest BCUT2D eigenvalue weighted by atomic mass is 16.3. The summed E-state index contributed by atoms with van der Waals surface area (Å²) in [6.07, 6.45) is 10.3. The lowest BCUT2D eigenvalue weighted by atomic mass is 9.71. The highest BCUT2D eigenvalue weighted by molar-refractivity contribution is 5.49. The maximum atomic E-state index is 10.8. The van der Waals surface area contributed by atoms with Crippen LogP contribution in [0.2, 0.25) is 0 Å². The Balaban J connectivity index is 1.09. The van der Waals surface area contributed by atoms with Crippen molar-refractivity contribution >= 4 is 0 Å².